The van der Waals surface area contributed by atoms with Gasteiger partial charge in [-0.1, -0.05) is 13.0 Å². The van der Waals surface area contributed by atoms with Gasteiger partial charge in [-0.3, -0.25) is 4.90 Å². The lowest BCUT2D eigenvalue weighted by molar-refractivity contribution is 0.0598. The maximum Gasteiger partial charge on any atom is 0.337 e. The van der Waals surface area contributed by atoms with Crippen LogP contribution in [0.25, 0.3) is 0 Å². The Balaban J connectivity index is 1.91. The Morgan fingerprint density at radius 2 is 2.08 bits per heavy atom. The van der Waals surface area contributed by atoms with Crippen molar-refractivity contribution < 1.29 is 24.1 Å². The molecule has 0 amide bonds. The molecule has 142 valence electrons. The summed E-state index contributed by atoms with van der Waals surface area (Å²) in [6.45, 7) is 4.36. The summed E-state index contributed by atoms with van der Waals surface area (Å²) in [5, 5.41) is 12.4. The number of carbonyl (C=O) groups excluding carboxylic acids is 1. The van der Waals surface area contributed by atoms with Gasteiger partial charge in [-0.2, -0.15) is 0 Å². The highest BCUT2D eigenvalue weighted by molar-refractivity contribution is 7.09. The maximum atomic E-state index is 11.6. The van der Waals surface area contributed by atoms with Crippen LogP contribution in [0.2, 0.25) is 0 Å². The Morgan fingerprint density at radius 1 is 1.27 bits per heavy atom. The molecule has 6 nitrogen and oxygen atoms in total. The van der Waals surface area contributed by atoms with Gasteiger partial charge in [0.2, 0.25) is 0 Å². The van der Waals surface area contributed by atoms with Crippen molar-refractivity contribution >= 4 is 17.3 Å². The van der Waals surface area contributed by atoms with E-state index in [9.17, 15) is 9.90 Å². The summed E-state index contributed by atoms with van der Waals surface area (Å²) in [4.78, 5) is 15.0. The van der Waals surface area contributed by atoms with Crippen LogP contribution in [-0.2, 0) is 11.3 Å². The lowest BCUT2D eigenvalue weighted by Gasteiger charge is -2.23. The number of rotatable bonds is 10. The van der Waals surface area contributed by atoms with E-state index in [1.54, 1.807) is 29.5 Å². The molecule has 0 saturated heterocycles. The fraction of sp³-hybridized carbons (Fsp3) is 0.421. The second-order valence-electron chi connectivity index (χ2n) is 5.73. The second kappa shape index (κ2) is 10.2. The molecule has 0 radical (unpaired) electrons. The summed E-state index contributed by atoms with van der Waals surface area (Å²) in [6.07, 6.45) is -0.639. The first-order valence-electron chi connectivity index (χ1n) is 8.39. The number of nitrogens with zero attached hydrogens (tertiary/aromatic N) is 1. The first kappa shape index (κ1) is 20.2. The highest BCUT2D eigenvalue weighted by atomic mass is 32.1. The molecule has 1 aromatic heterocycles. The van der Waals surface area contributed by atoms with Gasteiger partial charge in [-0.05, 0) is 36.2 Å². The Morgan fingerprint density at radius 3 is 2.69 bits per heavy atom. The molecule has 0 spiro atoms. The van der Waals surface area contributed by atoms with Crippen LogP contribution in [0.3, 0.4) is 0 Å². The number of hydrogen-bond donors (Lipinski definition) is 1. The van der Waals surface area contributed by atoms with E-state index in [2.05, 4.69) is 17.9 Å². The third kappa shape index (κ3) is 5.72. The number of ether oxygens (including phenoxy) is 3. The van der Waals surface area contributed by atoms with Crippen molar-refractivity contribution in [3.63, 3.8) is 0 Å². The minimum atomic E-state index is -0.639. The van der Waals surface area contributed by atoms with E-state index in [0.717, 1.165) is 13.1 Å². The molecule has 1 unspecified atom stereocenters. The van der Waals surface area contributed by atoms with E-state index in [4.69, 9.17) is 14.2 Å². The fourth-order valence-corrected chi connectivity index (χ4v) is 3.24. The molecule has 26 heavy (non-hydrogen) atoms. The van der Waals surface area contributed by atoms with Gasteiger partial charge >= 0.3 is 5.97 Å². The number of likely N-dealkylation sites (N-methyl/N-ethyl adjacent to an activating group) is 1. The number of methoxy groups -OCH3 is 2. The number of thiophene rings is 1. The van der Waals surface area contributed by atoms with Crippen molar-refractivity contribution in [2.45, 2.75) is 19.6 Å². The summed E-state index contributed by atoms with van der Waals surface area (Å²) < 4.78 is 15.6. The van der Waals surface area contributed by atoms with Crippen LogP contribution in [-0.4, -0.2) is 56.0 Å². The highest BCUT2D eigenvalue weighted by Crippen LogP contribution is 2.28. The van der Waals surface area contributed by atoms with Crippen LogP contribution in [0, 0.1) is 0 Å². The van der Waals surface area contributed by atoms with Crippen molar-refractivity contribution in [2.75, 3.05) is 33.9 Å². The van der Waals surface area contributed by atoms with Gasteiger partial charge in [0.25, 0.3) is 0 Å². The monoisotopic (exact) mass is 379 g/mol. The summed E-state index contributed by atoms with van der Waals surface area (Å²) in [5.41, 5.74) is 0.380. The zero-order valence-electron chi connectivity index (χ0n) is 15.3. The lowest BCUT2D eigenvalue weighted by atomic mass is 10.2. The predicted molar refractivity (Wildman–Crippen MR) is 101 cm³/mol. The second-order valence-corrected chi connectivity index (χ2v) is 6.76. The number of esters is 1. The first-order chi connectivity index (χ1) is 12.6. The van der Waals surface area contributed by atoms with E-state index < -0.39 is 12.1 Å². The Labute approximate surface area is 157 Å². The third-order valence-corrected chi connectivity index (χ3v) is 4.75. The Kier molecular flexibility index (Phi) is 7.90. The van der Waals surface area contributed by atoms with Crippen LogP contribution < -0.4 is 9.47 Å². The smallest absolute Gasteiger partial charge is 0.337 e. The molecule has 0 aliphatic heterocycles. The standard InChI is InChI=1S/C19H25NO5S/c1-4-20(12-16-6-5-9-26-16)11-15(21)13-25-17-8-7-14(19(22)24-3)10-18(17)23-2/h5-10,15,21H,4,11-13H2,1-3H3. The highest BCUT2D eigenvalue weighted by Gasteiger charge is 2.15. The zero-order chi connectivity index (χ0) is 18.9. The molecule has 2 rings (SSSR count). The Bertz CT molecular complexity index is 689. The quantitative estimate of drug-likeness (QED) is 0.640. The number of aliphatic hydroxyl groups excluding tert-OH is 1. The van der Waals surface area contributed by atoms with Crippen molar-refractivity contribution in [1.82, 2.24) is 4.90 Å². The summed E-state index contributed by atoms with van der Waals surface area (Å²) in [7, 11) is 2.82. The van der Waals surface area contributed by atoms with E-state index in [1.807, 2.05) is 11.4 Å². The number of carbonyl (C=O) groups is 1. The number of benzene rings is 1. The van der Waals surface area contributed by atoms with Gasteiger partial charge in [-0.15, -0.1) is 11.3 Å². The van der Waals surface area contributed by atoms with Crippen LogP contribution in [0.5, 0.6) is 11.5 Å². The van der Waals surface area contributed by atoms with E-state index in [1.165, 1.54) is 19.1 Å². The summed E-state index contributed by atoms with van der Waals surface area (Å²) in [5.74, 6) is 0.452. The molecule has 0 bridgehead atoms. The molecule has 1 atom stereocenters. The predicted octanol–water partition coefficient (Wildman–Crippen LogP) is 2.81. The van der Waals surface area contributed by atoms with E-state index >= 15 is 0 Å². The normalized spacial score (nSPS) is 12.0. The fourth-order valence-electron chi connectivity index (χ4n) is 2.50. The topological polar surface area (TPSA) is 68.2 Å². The molecular weight excluding hydrogens is 354 g/mol. The van der Waals surface area contributed by atoms with Crippen molar-refractivity contribution in [2.24, 2.45) is 0 Å². The van der Waals surface area contributed by atoms with Crippen molar-refractivity contribution in [3.05, 3.63) is 46.2 Å². The van der Waals surface area contributed by atoms with Gasteiger partial charge in [0, 0.05) is 18.0 Å². The van der Waals surface area contributed by atoms with Gasteiger partial charge in [0.15, 0.2) is 11.5 Å². The average molecular weight is 379 g/mol. The Hall–Kier alpha value is -2.09. The van der Waals surface area contributed by atoms with Crippen LogP contribution in [0.4, 0.5) is 0 Å². The molecule has 7 heteroatoms. The number of hydrogen-bond acceptors (Lipinski definition) is 7. The molecule has 0 aliphatic carbocycles. The van der Waals surface area contributed by atoms with Crippen molar-refractivity contribution in [3.8, 4) is 11.5 Å². The molecular formula is C19H25NO5S. The molecule has 0 fully saturated rings. The largest absolute Gasteiger partial charge is 0.493 e. The molecule has 1 aromatic carbocycles. The van der Waals surface area contributed by atoms with E-state index in [0.29, 0.717) is 23.6 Å². The minimum absolute atomic E-state index is 0.134. The molecule has 2 aromatic rings. The molecule has 0 aliphatic rings. The van der Waals surface area contributed by atoms with Gasteiger partial charge in [-0.25, -0.2) is 4.79 Å². The van der Waals surface area contributed by atoms with Gasteiger partial charge < -0.3 is 19.3 Å². The van der Waals surface area contributed by atoms with Crippen LogP contribution in [0.15, 0.2) is 35.7 Å². The minimum Gasteiger partial charge on any atom is -0.493 e. The molecule has 1 N–H and O–H groups in total. The lowest BCUT2D eigenvalue weighted by Crippen LogP contribution is -2.35. The summed E-state index contributed by atoms with van der Waals surface area (Å²) in [6, 6.07) is 8.91. The van der Waals surface area contributed by atoms with Crippen LogP contribution >= 0.6 is 11.3 Å². The average Bonchev–Trinajstić information content (AvgIpc) is 3.18. The van der Waals surface area contributed by atoms with Gasteiger partial charge in [0.05, 0.1) is 19.8 Å². The third-order valence-electron chi connectivity index (χ3n) is 3.89. The molecule has 0 saturated carbocycles. The van der Waals surface area contributed by atoms with Crippen LogP contribution in [0.1, 0.15) is 22.2 Å². The number of aliphatic hydroxyl groups is 1. The SMILES string of the molecule is CCN(Cc1cccs1)CC(O)COc1ccc(C(=O)OC)cc1OC. The summed E-state index contributed by atoms with van der Waals surface area (Å²) >= 11 is 1.71. The van der Waals surface area contributed by atoms with Gasteiger partial charge in [0.1, 0.15) is 12.7 Å². The first-order valence-corrected chi connectivity index (χ1v) is 9.27. The zero-order valence-corrected chi connectivity index (χ0v) is 16.1. The van der Waals surface area contributed by atoms with Crippen molar-refractivity contribution in [1.29, 1.82) is 0 Å². The van der Waals surface area contributed by atoms with E-state index in [-0.39, 0.29) is 6.61 Å². The molecule has 1 heterocycles. The maximum absolute atomic E-state index is 11.6.